The van der Waals surface area contributed by atoms with Gasteiger partial charge >= 0.3 is 0 Å². The Balaban J connectivity index is -0.0000000286. The molecule has 0 atom stereocenters. The molecule has 0 aromatic heterocycles. The predicted molar refractivity (Wildman–Crippen MR) is 206 cm³/mol. The maximum absolute atomic E-state index is 11.7. The van der Waals surface area contributed by atoms with Gasteiger partial charge in [0.1, 0.15) is 20.0 Å². The Hall–Kier alpha value is -3.09. The average molecular weight is 771 g/mol. The van der Waals surface area contributed by atoms with E-state index in [0.717, 1.165) is 16.7 Å². The van der Waals surface area contributed by atoms with Crippen LogP contribution in [0.2, 0.25) is 0 Å². The van der Waals surface area contributed by atoms with Crippen LogP contribution in [0.5, 0.6) is 0 Å². The van der Waals surface area contributed by atoms with Gasteiger partial charge in [-0.3, -0.25) is 8.78 Å². The van der Waals surface area contributed by atoms with Crippen LogP contribution < -0.4 is 0 Å². The molecule has 3 rings (SSSR count). The standard InChI is InChI=1S/3C7H7F.C2H5F.2C2H6.2CH2F2.CH3FO2S.CH3F.6CH4/c3*8-6-7-4-2-1-3-5-7;1-2-3;2*1-2;2*2-1-3;1-5(2,3)4;1-2;;;;;;/h3*1-5H,6H2;2H2,1H3;2*1-2H3;2*1H2;1H3;1H3;6*1H4. The van der Waals surface area contributed by atoms with E-state index in [1.807, 2.05) is 82.3 Å². The van der Waals surface area contributed by atoms with Crippen molar-refractivity contribution in [2.24, 2.45) is 0 Å². The molecule has 0 N–H and O–H groups in total. The van der Waals surface area contributed by atoms with Crippen LogP contribution >= 0.6 is 0 Å². The number of benzene rings is 3. The zero-order valence-corrected chi connectivity index (χ0v) is 27.2. The molecule has 0 saturated carbocycles. The zero-order valence-electron chi connectivity index (χ0n) is 26.4. The minimum Gasteiger partial charge on any atom is -0.255 e. The highest BCUT2D eigenvalue weighted by Crippen LogP contribution is 1.99. The lowest BCUT2D eigenvalue weighted by Crippen LogP contribution is -1.78. The number of rotatable bonds is 3. The summed E-state index contributed by atoms with van der Waals surface area (Å²) in [5.41, 5.74) is 2.23. The molecule has 0 amide bonds. The van der Waals surface area contributed by atoms with Gasteiger partial charge in [0.25, 0.3) is 10.2 Å². The van der Waals surface area contributed by atoms with Crippen molar-refractivity contribution in [1.82, 2.24) is 0 Å². The summed E-state index contributed by atoms with van der Waals surface area (Å²) in [6.45, 7) is 4.63. The third-order valence-electron chi connectivity index (χ3n) is 2.99. The van der Waals surface area contributed by atoms with Gasteiger partial charge in [0.2, 0.25) is 13.9 Å². The summed E-state index contributed by atoms with van der Waals surface area (Å²) >= 11 is 0. The highest BCUT2D eigenvalue weighted by Gasteiger charge is 1.86. The lowest BCUT2D eigenvalue weighted by Gasteiger charge is -1.87. The summed E-state index contributed by atoms with van der Waals surface area (Å²) in [5, 5.41) is 0. The summed E-state index contributed by atoms with van der Waals surface area (Å²) in [4.78, 5) is 0. The van der Waals surface area contributed by atoms with Crippen LogP contribution in [0.3, 0.4) is 0 Å². The van der Waals surface area contributed by atoms with Gasteiger partial charge in [-0.1, -0.05) is 163 Å². The van der Waals surface area contributed by atoms with Crippen molar-refractivity contribution in [1.29, 1.82) is 0 Å². The SMILES string of the molecule is C.C.C.C.C.C.CC.CC.CCF.CF.CS(=O)(=O)F.FCF.FCF.FCc1ccccc1.FCc1ccccc1.FCc1ccccc1. The Morgan fingerprint density at radius 1 is 0.440 bits per heavy atom. The molecule has 0 aliphatic carbocycles. The number of hydrogen-bond acceptors (Lipinski definition) is 2. The summed E-state index contributed by atoms with van der Waals surface area (Å²) in [7, 11) is -3.67. The van der Waals surface area contributed by atoms with Gasteiger partial charge in [0.05, 0.1) is 20.1 Å². The molecule has 0 saturated heterocycles. The Labute approximate surface area is 302 Å². The maximum atomic E-state index is 11.7. The molecule has 3 aromatic rings. The number of alkyl halides is 9. The van der Waals surface area contributed by atoms with Crippen LogP contribution in [0.4, 0.5) is 43.4 Å². The van der Waals surface area contributed by atoms with E-state index in [9.17, 15) is 43.4 Å². The van der Waals surface area contributed by atoms with Gasteiger partial charge in [0, 0.05) is 0 Å². The first-order chi connectivity index (χ1) is 21.0. The van der Waals surface area contributed by atoms with Crippen LogP contribution in [0.1, 0.15) is 95.9 Å². The van der Waals surface area contributed by atoms with E-state index in [-0.39, 0.29) is 71.3 Å². The molecule has 50 heavy (non-hydrogen) atoms. The van der Waals surface area contributed by atoms with Crippen LogP contribution in [0.25, 0.3) is 0 Å². The molecule has 2 nitrogen and oxygen atoms in total. The van der Waals surface area contributed by atoms with E-state index in [0.29, 0.717) is 13.4 Å². The maximum Gasteiger partial charge on any atom is 0.299 e. The van der Waals surface area contributed by atoms with Crippen molar-refractivity contribution in [2.75, 3.05) is 34.0 Å². The van der Waals surface area contributed by atoms with Gasteiger partial charge in [-0.05, 0) is 23.6 Å². The smallest absolute Gasteiger partial charge is 0.255 e. The van der Waals surface area contributed by atoms with Gasteiger partial charge in [-0.2, -0.15) is 8.42 Å². The first kappa shape index (κ1) is 86.0. The van der Waals surface area contributed by atoms with Crippen LogP contribution in [-0.4, -0.2) is 42.4 Å². The van der Waals surface area contributed by atoms with E-state index < -0.39 is 24.1 Å². The monoisotopic (exact) mass is 771 g/mol. The lowest BCUT2D eigenvalue weighted by molar-refractivity contribution is 0.295. The highest BCUT2D eigenvalue weighted by atomic mass is 32.3. The second-order valence-electron chi connectivity index (χ2n) is 6.01. The van der Waals surface area contributed by atoms with Crippen LogP contribution in [0, 0.1) is 0 Å². The fourth-order valence-electron chi connectivity index (χ4n) is 1.70. The normalized spacial score (nSPS) is 6.98. The molecule has 308 valence electrons. The van der Waals surface area contributed by atoms with E-state index in [1.165, 1.54) is 6.92 Å². The molecule has 0 fully saturated rings. The molecule has 0 unspecified atom stereocenters. The molecule has 0 radical (unpaired) electrons. The van der Waals surface area contributed by atoms with Gasteiger partial charge in [-0.15, -0.1) is 3.89 Å². The third-order valence-corrected chi connectivity index (χ3v) is 2.99. The minimum absolute atomic E-state index is 0. The molecular weight excluding hydrogens is 698 g/mol. The number of halogens is 10. The second-order valence-corrected chi connectivity index (χ2v) is 7.37. The van der Waals surface area contributed by atoms with E-state index in [1.54, 1.807) is 36.4 Å². The van der Waals surface area contributed by atoms with Gasteiger partial charge in [-0.25, -0.2) is 30.7 Å². The molecule has 0 aliphatic heterocycles. The van der Waals surface area contributed by atoms with E-state index in [4.69, 9.17) is 8.42 Å². The third kappa shape index (κ3) is 120. The summed E-state index contributed by atoms with van der Waals surface area (Å²) in [6, 6.07) is 27.2. The zero-order chi connectivity index (χ0) is 36.1. The quantitative estimate of drug-likeness (QED) is 0.196. The van der Waals surface area contributed by atoms with E-state index >= 15 is 0 Å². The van der Waals surface area contributed by atoms with Crippen molar-refractivity contribution in [3.63, 3.8) is 0 Å². The van der Waals surface area contributed by atoms with Crippen molar-refractivity contribution in [3.05, 3.63) is 108 Å². The van der Waals surface area contributed by atoms with E-state index in [2.05, 4.69) is 0 Å². The Morgan fingerprint density at radius 2 is 0.540 bits per heavy atom. The van der Waals surface area contributed by atoms with Crippen molar-refractivity contribution >= 4 is 10.2 Å². The number of hydrogen-bond donors (Lipinski definition) is 0. The molecule has 0 aliphatic rings. The first-order valence-corrected chi connectivity index (χ1v) is 14.7. The average Bonchev–Trinajstić information content (AvgIpc) is 3.06. The Morgan fingerprint density at radius 3 is 0.600 bits per heavy atom. The topological polar surface area (TPSA) is 34.1 Å². The largest absolute Gasteiger partial charge is 0.299 e. The van der Waals surface area contributed by atoms with Crippen molar-refractivity contribution < 1.29 is 51.8 Å². The molecular formula is C37H72F10O2S. The van der Waals surface area contributed by atoms with Crippen LogP contribution in [0.15, 0.2) is 91.0 Å². The molecule has 0 spiro atoms. The Kier molecular flexibility index (Phi) is 147. The summed E-state index contributed by atoms with van der Waals surface area (Å²) < 4.78 is 122. The van der Waals surface area contributed by atoms with Gasteiger partial charge in [0.15, 0.2) is 0 Å². The summed E-state index contributed by atoms with van der Waals surface area (Å²) in [6.07, 6.45) is 0.493. The lowest BCUT2D eigenvalue weighted by atomic mass is 10.2. The minimum atomic E-state index is -4.17. The molecule has 0 bridgehead atoms. The predicted octanol–water partition coefficient (Wildman–Crippen LogP) is 15.6. The molecule has 13 heteroatoms. The fourth-order valence-corrected chi connectivity index (χ4v) is 1.70. The molecule has 0 heterocycles. The highest BCUT2D eigenvalue weighted by molar-refractivity contribution is 7.85. The van der Waals surface area contributed by atoms with Crippen molar-refractivity contribution in [3.8, 4) is 0 Å². The fraction of sp³-hybridized carbons (Fsp3) is 0.514. The molecule has 3 aromatic carbocycles. The van der Waals surface area contributed by atoms with Crippen LogP contribution in [-0.2, 0) is 30.2 Å². The second kappa shape index (κ2) is 85.5. The van der Waals surface area contributed by atoms with Gasteiger partial charge < -0.3 is 0 Å². The first-order valence-electron chi connectivity index (χ1n) is 12.9. The Bertz CT molecular complexity index is 805. The van der Waals surface area contributed by atoms with Crippen molar-refractivity contribution in [2.45, 2.75) is 99.2 Å². The summed E-state index contributed by atoms with van der Waals surface area (Å²) in [5.74, 6) is 0.